The number of hydrogen-bond donors (Lipinski definition) is 1. The van der Waals surface area contributed by atoms with Gasteiger partial charge in [-0.1, -0.05) is 54.6 Å². The number of fused-ring (bicyclic) bond motifs is 3. The van der Waals surface area contributed by atoms with Gasteiger partial charge in [0, 0.05) is 27.9 Å². The Labute approximate surface area is 174 Å². The molecule has 1 heterocycles. The van der Waals surface area contributed by atoms with Gasteiger partial charge in [0.2, 0.25) is 0 Å². The lowest BCUT2D eigenvalue weighted by atomic mass is 9.98. The maximum Gasteiger partial charge on any atom is 0.342 e. The maximum atomic E-state index is 12.7. The number of carbonyl (C=O) groups is 1. The Morgan fingerprint density at radius 1 is 1.13 bits per heavy atom. The number of esters is 1. The van der Waals surface area contributed by atoms with Crippen LogP contribution >= 0.6 is 0 Å². The number of aryl methyl sites for hydroxylation is 1. The van der Waals surface area contributed by atoms with Gasteiger partial charge < -0.3 is 14.3 Å². The van der Waals surface area contributed by atoms with Crippen LogP contribution in [0.5, 0.6) is 5.75 Å². The van der Waals surface area contributed by atoms with E-state index in [9.17, 15) is 9.90 Å². The Bertz CT molecular complexity index is 1250. The van der Waals surface area contributed by atoms with Crippen molar-refractivity contribution < 1.29 is 19.1 Å². The zero-order valence-corrected chi connectivity index (χ0v) is 17.2. The molecule has 1 atom stereocenters. The Morgan fingerprint density at radius 3 is 2.50 bits per heavy atom. The van der Waals surface area contributed by atoms with Crippen LogP contribution < -0.4 is 0 Å². The molecule has 0 aliphatic carbocycles. The topological polar surface area (TPSA) is 72.0 Å². The molecule has 0 aliphatic heterocycles. The van der Waals surface area contributed by atoms with Crippen molar-refractivity contribution in [3.63, 3.8) is 0 Å². The van der Waals surface area contributed by atoms with Crippen LogP contribution in [0.25, 0.3) is 21.7 Å². The van der Waals surface area contributed by atoms with Crippen LogP contribution in [0.3, 0.4) is 0 Å². The molecule has 0 aliphatic rings. The summed E-state index contributed by atoms with van der Waals surface area (Å²) in [5.74, 6) is 0.0348. The zero-order valence-electron chi connectivity index (χ0n) is 17.2. The highest BCUT2D eigenvalue weighted by molar-refractivity contribution is 6.21. The zero-order chi connectivity index (χ0) is 21.3. The molecular formula is C25H23NO4. The molecule has 0 saturated heterocycles. The third-order valence-corrected chi connectivity index (χ3v) is 5.22. The number of hydrogen-bond acceptors (Lipinski definition) is 5. The van der Waals surface area contributed by atoms with Crippen LogP contribution in [-0.4, -0.2) is 23.9 Å². The average molecular weight is 401 g/mol. The van der Waals surface area contributed by atoms with E-state index in [1.165, 1.54) is 0 Å². The number of furan rings is 1. The van der Waals surface area contributed by atoms with Gasteiger partial charge in [-0.3, -0.25) is 4.99 Å². The third kappa shape index (κ3) is 3.32. The second-order valence-corrected chi connectivity index (χ2v) is 7.13. The van der Waals surface area contributed by atoms with E-state index in [1.807, 2.05) is 61.5 Å². The number of rotatable bonds is 5. The molecule has 0 amide bonds. The fourth-order valence-corrected chi connectivity index (χ4v) is 3.72. The molecule has 4 aromatic rings. The number of phenols is 1. The van der Waals surface area contributed by atoms with E-state index in [0.717, 1.165) is 10.9 Å². The van der Waals surface area contributed by atoms with E-state index in [0.29, 0.717) is 33.2 Å². The summed E-state index contributed by atoms with van der Waals surface area (Å²) in [5, 5.41) is 13.0. The number of aromatic hydroxyl groups is 1. The van der Waals surface area contributed by atoms with Crippen molar-refractivity contribution in [2.75, 3.05) is 6.61 Å². The monoisotopic (exact) mass is 401 g/mol. The van der Waals surface area contributed by atoms with Crippen LogP contribution in [0.4, 0.5) is 0 Å². The molecule has 152 valence electrons. The fourth-order valence-electron chi connectivity index (χ4n) is 3.72. The van der Waals surface area contributed by atoms with E-state index in [2.05, 4.69) is 4.99 Å². The fraction of sp³-hybridized carbons (Fsp3) is 0.200. The number of benzene rings is 3. The third-order valence-electron chi connectivity index (χ3n) is 5.22. The lowest BCUT2D eigenvalue weighted by Crippen LogP contribution is -2.06. The summed E-state index contributed by atoms with van der Waals surface area (Å²) in [4.78, 5) is 17.4. The van der Waals surface area contributed by atoms with E-state index in [1.54, 1.807) is 20.1 Å². The van der Waals surface area contributed by atoms with Gasteiger partial charge in [-0.05, 0) is 26.3 Å². The van der Waals surface area contributed by atoms with Crippen LogP contribution in [-0.2, 0) is 4.74 Å². The average Bonchev–Trinajstić information content (AvgIpc) is 3.11. The van der Waals surface area contributed by atoms with E-state index >= 15 is 0 Å². The Morgan fingerprint density at radius 2 is 1.80 bits per heavy atom. The molecule has 0 fully saturated rings. The molecule has 1 aromatic heterocycles. The van der Waals surface area contributed by atoms with E-state index in [4.69, 9.17) is 9.15 Å². The quantitative estimate of drug-likeness (QED) is 0.331. The van der Waals surface area contributed by atoms with Crippen molar-refractivity contribution >= 4 is 33.9 Å². The summed E-state index contributed by atoms with van der Waals surface area (Å²) < 4.78 is 11.2. The normalized spacial score (nSPS) is 12.6. The van der Waals surface area contributed by atoms with Gasteiger partial charge in [0.1, 0.15) is 22.7 Å². The number of phenolic OH excluding ortho intramolecular Hbond substituents is 1. The van der Waals surface area contributed by atoms with Crippen molar-refractivity contribution in [1.82, 2.24) is 0 Å². The summed E-state index contributed by atoms with van der Waals surface area (Å²) in [7, 11) is 0. The minimum Gasteiger partial charge on any atom is -0.507 e. The summed E-state index contributed by atoms with van der Waals surface area (Å²) in [6, 6.07) is 17.2. The highest BCUT2D eigenvalue weighted by atomic mass is 16.5. The summed E-state index contributed by atoms with van der Waals surface area (Å²) in [5.41, 5.74) is 2.37. The SMILES string of the molecule is CCOC(=O)c1c(C)oc2c1c(C=N[C@H](C)c1ccccc1)c(O)c1ccccc12. The number of carbonyl (C=O) groups excluding carboxylic acids is 1. The van der Waals surface area contributed by atoms with Crippen LogP contribution in [0.1, 0.15) is 47.1 Å². The van der Waals surface area contributed by atoms with Gasteiger partial charge in [-0.15, -0.1) is 0 Å². The first-order chi connectivity index (χ1) is 14.5. The molecule has 0 unspecified atom stereocenters. The first-order valence-corrected chi connectivity index (χ1v) is 9.95. The molecule has 0 bridgehead atoms. The minimum absolute atomic E-state index is 0.0634. The number of nitrogens with zero attached hydrogens (tertiary/aromatic N) is 1. The Balaban J connectivity index is 1.97. The van der Waals surface area contributed by atoms with Gasteiger partial charge in [0.05, 0.1) is 12.6 Å². The lowest BCUT2D eigenvalue weighted by molar-refractivity contribution is 0.0526. The molecule has 0 saturated carbocycles. The number of aliphatic imine (C=N–C) groups is 1. The highest BCUT2D eigenvalue weighted by Crippen LogP contribution is 2.41. The van der Waals surface area contributed by atoms with Crippen molar-refractivity contribution in [1.29, 1.82) is 0 Å². The molecule has 3 aromatic carbocycles. The standard InChI is InChI=1S/C25H23NO4/c1-4-29-25(28)21-16(3)30-24-19-13-9-8-12-18(19)23(27)20(22(21)24)14-26-15(2)17-10-6-5-7-11-17/h5-15,27H,4H2,1-3H3/t15-/m1/s1. The van der Waals surface area contributed by atoms with Crippen LogP contribution in [0.15, 0.2) is 64.0 Å². The molecule has 4 rings (SSSR count). The van der Waals surface area contributed by atoms with Gasteiger partial charge in [0.25, 0.3) is 0 Å². The summed E-state index contributed by atoms with van der Waals surface area (Å²) >= 11 is 0. The maximum absolute atomic E-state index is 12.7. The molecule has 0 radical (unpaired) electrons. The van der Waals surface area contributed by atoms with E-state index < -0.39 is 5.97 Å². The lowest BCUT2D eigenvalue weighted by Gasteiger charge is -2.10. The highest BCUT2D eigenvalue weighted by Gasteiger charge is 2.26. The minimum atomic E-state index is -0.478. The summed E-state index contributed by atoms with van der Waals surface area (Å²) in [6.07, 6.45) is 1.62. The largest absolute Gasteiger partial charge is 0.507 e. The van der Waals surface area contributed by atoms with Crippen molar-refractivity contribution in [3.8, 4) is 5.75 Å². The smallest absolute Gasteiger partial charge is 0.342 e. The Hall–Kier alpha value is -3.60. The van der Waals surface area contributed by atoms with E-state index in [-0.39, 0.29) is 18.4 Å². The van der Waals surface area contributed by atoms with Gasteiger partial charge in [-0.25, -0.2) is 4.79 Å². The van der Waals surface area contributed by atoms with Crippen molar-refractivity contribution in [3.05, 3.63) is 77.0 Å². The van der Waals surface area contributed by atoms with Gasteiger partial charge in [-0.2, -0.15) is 0 Å². The first kappa shape index (κ1) is 19.7. The summed E-state index contributed by atoms with van der Waals surface area (Å²) in [6.45, 7) is 5.71. The molecule has 30 heavy (non-hydrogen) atoms. The number of ether oxygens (including phenoxy) is 1. The Kier molecular flexibility index (Phi) is 5.27. The predicted octanol–water partition coefficient (Wildman–Crippen LogP) is 5.96. The molecule has 5 nitrogen and oxygen atoms in total. The molecule has 1 N–H and O–H groups in total. The first-order valence-electron chi connectivity index (χ1n) is 9.95. The second-order valence-electron chi connectivity index (χ2n) is 7.13. The second kappa shape index (κ2) is 8.03. The molecular weight excluding hydrogens is 378 g/mol. The van der Waals surface area contributed by atoms with Gasteiger partial charge >= 0.3 is 5.97 Å². The predicted molar refractivity (Wildman–Crippen MR) is 119 cm³/mol. The molecule has 0 spiro atoms. The van der Waals surface area contributed by atoms with Crippen molar-refractivity contribution in [2.24, 2.45) is 4.99 Å². The van der Waals surface area contributed by atoms with Crippen LogP contribution in [0, 0.1) is 6.92 Å². The molecule has 5 heteroatoms. The van der Waals surface area contributed by atoms with Crippen LogP contribution in [0.2, 0.25) is 0 Å². The van der Waals surface area contributed by atoms with Crippen molar-refractivity contribution in [2.45, 2.75) is 26.8 Å². The van der Waals surface area contributed by atoms with Gasteiger partial charge in [0.15, 0.2) is 0 Å².